The first-order valence-corrected chi connectivity index (χ1v) is 8.85. The molecule has 0 atom stereocenters. The minimum absolute atomic E-state index is 0.467. The Morgan fingerprint density at radius 2 is 1.88 bits per heavy atom. The molecule has 0 N–H and O–H groups in total. The molecule has 4 rings (SSSR count). The summed E-state index contributed by atoms with van der Waals surface area (Å²) >= 11 is 0. The lowest BCUT2D eigenvalue weighted by molar-refractivity contribution is 0.0707. The van der Waals surface area contributed by atoms with Gasteiger partial charge in [0.15, 0.2) is 5.69 Å². The lowest BCUT2D eigenvalue weighted by atomic mass is 9.97. The number of aryl methyl sites for hydroxylation is 1. The molecule has 0 aliphatic carbocycles. The highest BCUT2D eigenvalue weighted by Gasteiger charge is 2.20. The molecule has 1 aliphatic heterocycles. The summed E-state index contributed by atoms with van der Waals surface area (Å²) in [5.41, 5.74) is 7.01. The van der Waals surface area contributed by atoms with Gasteiger partial charge in [-0.3, -0.25) is 0 Å². The quantitative estimate of drug-likeness (QED) is 0.541. The third kappa shape index (κ3) is 2.73. The third-order valence-corrected chi connectivity index (χ3v) is 5.42. The number of hydrogen-bond acceptors (Lipinski definition) is 1. The Balaban J connectivity index is 1.96. The van der Waals surface area contributed by atoms with Crippen LogP contribution in [0, 0.1) is 20.4 Å². The minimum atomic E-state index is 0.467. The molecule has 3 aromatic rings. The van der Waals surface area contributed by atoms with Crippen LogP contribution in [0.3, 0.4) is 0 Å². The molecule has 1 aliphatic rings. The molecule has 0 saturated carbocycles. The monoisotopic (exact) mass is 330 g/mol. The van der Waals surface area contributed by atoms with Crippen molar-refractivity contribution < 1.29 is 4.74 Å². The highest BCUT2D eigenvalue weighted by Crippen LogP contribution is 2.38. The van der Waals surface area contributed by atoms with Gasteiger partial charge in [-0.15, -0.1) is 0 Å². The molecule has 2 aromatic carbocycles. The number of rotatable bonds is 2. The van der Waals surface area contributed by atoms with Crippen molar-refractivity contribution in [3.05, 3.63) is 65.1 Å². The van der Waals surface area contributed by atoms with Crippen LogP contribution in [0.5, 0.6) is 0 Å². The first-order chi connectivity index (χ1) is 12.2. The molecular weight excluding hydrogens is 308 g/mol. The van der Waals surface area contributed by atoms with E-state index in [1.807, 2.05) is 12.1 Å². The van der Waals surface area contributed by atoms with E-state index in [1.165, 1.54) is 33.2 Å². The standard InChI is InChI=1S/C22H22N2O/c1-15-5-4-6-19(16(15)2)21-14-24(18-9-11-25-12-10-18)22-8-7-17(23-3)13-20(21)22/h4-8,13-14,18H,9-12H2,1-2H3. The predicted octanol–water partition coefficient (Wildman–Crippen LogP) is 5.83. The van der Waals surface area contributed by atoms with Gasteiger partial charge in [-0.1, -0.05) is 24.3 Å². The maximum absolute atomic E-state index is 7.37. The van der Waals surface area contributed by atoms with Crippen molar-refractivity contribution in [1.82, 2.24) is 4.57 Å². The maximum atomic E-state index is 7.37. The van der Waals surface area contributed by atoms with Crippen LogP contribution < -0.4 is 0 Å². The predicted molar refractivity (Wildman–Crippen MR) is 102 cm³/mol. The summed E-state index contributed by atoms with van der Waals surface area (Å²) in [7, 11) is 0. The molecule has 3 heteroatoms. The summed E-state index contributed by atoms with van der Waals surface area (Å²) in [5.74, 6) is 0. The van der Waals surface area contributed by atoms with Crippen LogP contribution in [0.1, 0.15) is 30.0 Å². The largest absolute Gasteiger partial charge is 0.381 e. The number of aromatic nitrogens is 1. The average Bonchev–Trinajstić information content (AvgIpc) is 3.03. The highest BCUT2D eigenvalue weighted by molar-refractivity contribution is 5.99. The van der Waals surface area contributed by atoms with Crippen LogP contribution in [0.2, 0.25) is 0 Å². The van der Waals surface area contributed by atoms with Crippen molar-refractivity contribution in [1.29, 1.82) is 0 Å². The van der Waals surface area contributed by atoms with Gasteiger partial charge in [0.1, 0.15) is 0 Å². The fourth-order valence-electron chi connectivity index (χ4n) is 3.84. The van der Waals surface area contributed by atoms with E-state index in [9.17, 15) is 0 Å². The van der Waals surface area contributed by atoms with Crippen LogP contribution >= 0.6 is 0 Å². The second kappa shape index (κ2) is 6.38. The number of fused-ring (bicyclic) bond motifs is 1. The van der Waals surface area contributed by atoms with Crippen molar-refractivity contribution in [3.8, 4) is 11.1 Å². The molecule has 0 unspecified atom stereocenters. The topological polar surface area (TPSA) is 18.5 Å². The Morgan fingerprint density at radius 1 is 1.08 bits per heavy atom. The molecule has 126 valence electrons. The average molecular weight is 330 g/mol. The van der Waals surface area contributed by atoms with Gasteiger partial charge in [0.2, 0.25) is 0 Å². The van der Waals surface area contributed by atoms with Gasteiger partial charge in [0.05, 0.1) is 6.57 Å². The molecule has 3 nitrogen and oxygen atoms in total. The van der Waals surface area contributed by atoms with Crippen molar-refractivity contribution >= 4 is 16.6 Å². The number of hydrogen-bond donors (Lipinski definition) is 0. The van der Waals surface area contributed by atoms with Gasteiger partial charge in [0.25, 0.3) is 0 Å². The number of ether oxygens (including phenoxy) is 1. The Labute approximate surface area is 148 Å². The summed E-state index contributed by atoms with van der Waals surface area (Å²) in [6.07, 6.45) is 4.37. The second-order valence-corrected chi connectivity index (χ2v) is 6.85. The van der Waals surface area contributed by atoms with Crippen molar-refractivity contribution in [2.75, 3.05) is 13.2 Å². The molecule has 2 heterocycles. The fraction of sp³-hybridized carbons (Fsp3) is 0.318. The molecule has 1 fully saturated rings. The number of benzene rings is 2. The van der Waals surface area contributed by atoms with Crippen molar-refractivity contribution in [2.45, 2.75) is 32.7 Å². The molecule has 1 saturated heterocycles. The first-order valence-electron chi connectivity index (χ1n) is 8.85. The fourth-order valence-corrected chi connectivity index (χ4v) is 3.84. The zero-order chi connectivity index (χ0) is 17.4. The molecule has 1 aromatic heterocycles. The van der Waals surface area contributed by atoms with E-state index in [4.69, 9.17) is 11.3 Å². The van der Waals surface area contributed by atoms with Crippen LogP contribution in [-0.2, 0) is 4.74 Å². The first kappa shape index (κ1) is 15.9. The second-order valence-electron chi connectivity index (χ2n) is 6.85. The van der Waals surface area contributed by atoms with E-state index in [0.717, 1.165) is 26.1 Å². The zero-order valence-corrected chi connectivity index (χ0v) is 14.7. The summed E-state index contributed by atoms with van der Waals surface area (Å²) in [6.45, 7) is 13.4. The van der Waals surface area contributed by atoms with Gasteiger partial charge in [0, 0.05) is 36.5 Å². The van der Waals surface area contributed by atoms with E-state index in [2.05, 4.69) is 53.7 Å². The normalized spacial score (nSPS) is 15.4. The summed E-state index contributed by atoms with van der Waals surface area (Å²) in [4.78, 5) is 3.64. The van der Waals surface area contributed by atoms with Gasteiger partial charge in [-0.05, 0) is 60.9 Å². The Hall–Kier alpha value is -2.57. The molecule has 0 bridgehead atoms. The molecule has 25 heavy (non-hydrogen) atoms. The van der Waals surface area contributed by atoms with E-state index in [0.29, 0.717) is 11.7 Å². The van der Waals surface area contributed by atoms with Crippen LogP contribution in [0.25, 0.3) is 26.9 Å². The lowest BCUT2D eigenvalue weighted by Gasteiger charge is -2.24. The van der Waals surface area contributed by atoms with Gasteiger partial charge in [-0.25, -0.2) is 4.85 Å². The van der Waals surface area contributed by atoms with Gasteiger partial charge < -0.3 is 9.30 Å². The Morgan fingerprint density at radius 3 is 2.64 bits per heavy atom. The van der Waals surface area contributed by atoms with E-state index in [1.54, 1.807) is 0 Å². The van der Waals surface area contributed by atoms with Gasteiger partial charge >= 0.3 is 0 Å². The van der Waals surface area contributed by atoms with Crippen LogP contribution in [0.4, 0.5) is 5.69 Å². The van der Waals surface area contributed by atoms with Crippen LogP contribution in [0.15, 0.2) is 42.6 Å². The third-order valence-electron chi connectivity index (χ3n) is 5.42. The SMILES string of the molecule is [C-]#[N+]c1ccc2c(c1)c(-c1cccc(C)c1C)cn2C1CCOCC1. The zero-order valence-electron chi connectivity index (χ0n) is 14.7. The Bertz CT molecular complexity index is 972. The maximum Gasteiger partial charge on any atom is 0.188 e. The Kier molecular flexibility index (Phi) is 4.07. The number of nitrogens with zero attached hydrogens (tertiary/aromatic N) is 2. The molecule has 0 radical (unpaired) electrons. The van der Waals surface area contributed by atoms with E-state index < -0.39 is 0 Å². The molecule has 0 spiro atoms. The summed E-state index contributed by atoms with van der Waals surface area (Å²) in [5, 5.41) is 1.17. The summed E-state index contributed by atoms with van der Waals surface area (Å²) in [6, 6.07) is 13.0. The van der Waals surface area contributed by atoms with Gasteiger partial charge in [-0.2, -0.15) is 0 Å². The van der Waals surface area contributed by atoms with Crippen molar-refractivity contribution in [3.63, 3.8) is 0 Å². The van der Waals surface area contributed by atoms with Crippen molar-refractivity contribution in [2.24, 2.45) is 0 Å². The van der Waals surface area contributed by atoms with Crippen LogP contribution in [-0.4, -0.2) is 17.8 Å². The smallest absolute Gasteiger partial charge is 0.188 e. The van der Waals surface area contributed by atoms with E-state index >= 15 is 0 Å². The molecular formula is C22H22N2O. The minimum Gasteiger partial charge on any atom is -0.381 e. The lowest BCUT2D eigenvalue weighted by Crippen LogP contribution is -2.18. The highest BCUT2D eigenvalue weighted by atomic mass is 16.5. The molecule has 0 amide bonds. The van der Waals surface area contributed by atoms with E-state index in [-0.39, 0.29) is 0 Å². The summed E-state index contributed by atoms with van der Waals surface area (Å²) < 4.78 is 7.95.